The van der Waals surface area contributed by atoms with Gasteiger partial charge in [-0.15, -0.1) is 11.3 Å². The summed E-state index contributed by atoms with van der Waals surface area (Å²) in [5, 5.41) is 0.982. The van der Waals surface area contributed by atoms with Crippen molar-refractivity contribution in [3.8, 4) is 0 Å². The smallest absolute Gasteiger partial charge is 0.114 e. The van der Waals surface area contributed by atoms with Crippen LogP contribution in [0.25, 0.3) is 0 Å². The molecule has 0 saturated carbocycles. The van der Waals surface area contributed by atoms with Crippen LogP contribution in [0.5, 0.6) is 0 Å². The van der Waals surface area contributed by atoms with Crippen LogP contribution in [0.15, 0.2) is 30.5 Å². The number of nitrogens with two attached hydrogens (primary N) is 1. The molecule has 1 atom stereocenters. The first-order valence-electron chi connectivity index (χ1n) is 6.16. The molecule has 2 rings (SSSR count). The molecule has 0 amide bonds. The number of aryl methyl sites for hydroxylation is 1. The van der Waals surface area contributed by atoms with E-state index in [1.807, 2.05) is 6.20 Å². The Morgan fingerprint density at radius 1 is 1.17 bits per heavy atom. The van der Waals surface area contributed by atoms with Gasteiger partial charge in [0, 0.05) is 11.1 Å². The van der Waals surface area contributed by atoms with E-state index in [9.17, 15) is 0 Å². The Morgan fingerprint density at radius 3 is 2.22 bits per heavy atom. The molecular weight excluding hydrogens is 240 g/mol. The first-order valence-corrected chi connectivity index (χ1v) is 6.98. The van der Waals surface area contributed by atoms with Gasteiger partial charge in [0.25, 0.3) is 0 Å². The molecule has 96 valence electrons. The van der Waals surface area contributed by atoms with Crippen molar-refractivity contribution < 1.29 is 0 Å². The van der Waals surface area contributed by atoms with Crippen molar-refractivity contribution >= 4 is 11.3 Å². The number of aromatic nitrogens is 1. The molecule has 2 aromatic rings. The first-order chi connectivity index (χ1) is 8.38. The monoisotopic (exact) mass is 260 g/mol. The predicted molar refractivity (Wildman–Crippen MR) is 78.0 cm³/mol. The summed E-state index contributed by atoms with van der Waals surface area (Å²) in [6.45, 7) is 8.70. The van der Waals surface area contributed by atoms with E-state index in [2.05, 4.69) is 56.9 Å². The van der Waals surface area contributed by atoms with Gasteiger partial charge in [0.1, 0.15) is 5.01 Å². The third-order valence-corrected chi connectivity index (χ3v) is 4.04. The highest BCUT2D eigenvalue weighted by Crippen LogP contribution is 2.27. The minimum atomic E-state index is -0.113. The molecule has 0 aliphatic carbocycles. The van der Waals surface area contributed by atoms with Crippen LogP contribution in [0.2, 0.25) is 0 Å². The van der Waals surface area contributed by atoms with E-state index in [-0.39, 0.29) is 11.5 Å². The second-order valence-corrected chi connectivity index (χ2v) is 6.93. The lowest BCUT2D eigenvalue weighted by Crippen LogP contribution is -2.14. The molecule has 2 N–H and O–H groups in total. The average molecular weight is 260 g/mol. The van der Waals surface area contributed by atoms with Crippen LogP contribution in [0.3, 0.4) is 0 Å². The summed E-state index contributed by atoms with van der Waals surface area (Å²) in [6, 6.07) is 8.44. The second-order valence-electron chi connectivity index (χ2n) is 5.66. The number of rotatable bonds is 2. The van der Waals surface area contributed by atoms with Crippen molar-refractivity contribution in [1.82, 2.24) is 4.98 Å². The molecule has 1 unspecified atom stereocenters. The minimum Gasteiger partial charge on any atom is -0.318 e. The Labute approximate surface area is 113 Å². The molecule has 0 saturated heterocycles. The van der Waals surface area contributed by atoms with E-state index in [0.717, 1.165) is 10.6 Å². The number of benzene rings is 1. The maximum absolute atomic E-state index is 6.24. The number of nitrogens with zero attached hydrogens (tertiary/aromatic N) is 1. The molecule has 1 heterocycles. The zero-order valence-electron chi connectivity index (χ0n) is 11.4. The van der Waals surface area contributed by atoms with Gasteiger partial charge in [0.2, 0.25) is 0 Å². The van der Waals surface area contributed by atoms with E-state index in [1.165, 1.54) is 10.4 Å². The van der Waals surface area contributed by atoms with E-state index >= 15 is 0 Å². The van der Waals surface area contributed by atoms with Crippen molar-refractivity contribution in [2.45, 2.75) is 39.2 Å². The summed E-state index contributed by atoms with van der Waals surface area (Å²) < 4.78 is 0. The molecule has 1 aromatic heterocycles. The lowest BCUT2D eigenvalue weighted by Gasteiger charge is -2.19. The van der Waals surface area contributed by atoms with Crippen LogP contribution in [-0.4, -0.2) is 4.98 Å². The fraction of sp³-hybridized carbons (Fsp3) is 0.400. The molecule has 0 fully saturated rings. The van der Waals surface area contributed by atoms with Gasteiger partial charge in [0.05, 0.1) is 6.04 Å². The highest BCUT2D eigenvalue weighted by atomic mass is 32.1. The van der Waals surface area contributed by atoms with Gasteiger partial charge in [-0.1, -0.05) is 45.0 Å². The topological polar surface area (TPSA) is 38.9 Å². The number of hydrogen-bond acceptors (Lipinski definition) is 3. The molecule has 0 bridgehead atoms. The Bertz CT molecular complexity index is 520. The molecule has 3 heteroatoms. The van der Waals surface area contributed by atoms with E-state index in [0.29, 0.717) is 0 Å². The van der Waals surface area contributed by atoms with Crippen LogP contribution in [0.4, 0.5) is 0 Å². The normalized spacial score (nSPS) is 13.6. The third-order valence-electron chi connectivity index (χ3n) is 3.04. The molecule has 2 nitrogen and oxygen atoms in total. The quantitative estimate of drug-likeness (QED) is 0.892. The Kier molecular flexibility index (Phi) is 3.55. The summed E-state index contributed by atoms with van der Waals surface area (Å²) in [6.07, 6.45) is 1.88. The molecule has 0 spiro atoms. The summed E-state index contributed by atoms with van der Waals surface area (Å²) in [5.74, 6) is 0. The molecule has 0 aliphatic heterocycles. The van der Waals surface area contributed by atoms with Crippen molar-refractivity contribution in [2.24, 2.45) is 5.73 Å². The third kappa shape index (κ3) is 2.79. The fourth-order valence-corrected chi connectivity index (χ4v) is 2.65. The number of hydrogen-bond donors (Lipinski definition) is 1. The van der Waals surface area contributed by atoms with Crippen molar-refractivity contribution in [3.63, 3.8) is 0 Å². The molecule has 1 aromatic carbocycles. The largest absolute Gasteiger partial charge is 0.318 e. The van der Waals surface area contributed by atoms with Gasteiger partial charge < -0.3 is 5.73 Å². The molecule has 0 aliphatic rings. The summed E-state index contributed by atoms with van der Waals surface area (Å²) in [4.78, 5) is 5.56. The summed E-state index contributed by atoms with van der Waals surface area (Å²) >= 11 is 1.66. The van der Waals surface area contributed by atoms with Crippen LogP contribution in [0.1, 0.15) is 47.8 Å². The average Bonchev–Trinajstić information content (AvgIpc) is 2.74. The summed E-state index contributed by atoms with van der Waals surface area (Å²) in [7, 11) is 0. The van der Waals surface area contributed by atoms with Crippen LogP contribution in [-0.2, 0) is 5.41 Å². The van der Waals surface area contributed by atoms with Gasteiger partial charge in [-0.05, 0) is 23.5 Å². The Balaban J connectivity index is 2.24. The van der Waals surface area contributed by atoms with Crippen LogP contribution in [0, 0.1) is 6.92 Å². The van der Waals surface area contributed by atoms with Crippen molar-refractivity contribution in [1.29, 1.82) is 0 Å². The Hall–Kier alpha value is -1.19. The highest BCUT2D eigenvalue weighted by Gasteiger charge is 2.16. The van der Waals surface area contributed by atoms with Gasteiger partial charge in [0.15, 0.2) is 0 Å². The van der Waals surface area contributed by atoms with Gasteiger partial charge >= 0.3 is 0 Å². The molecule has 18 heavy (non-hydrogen) atoms. The van der Waals surface area contributed by atoms with Gasteiger partial charge in [-0.2, -0.15) is 0 Å². The standard InChI is InChI=1S/C15H20N2S/c1-10-9-17-14(18-10)13(16)11-5-7-12(8-6-11)15(2,3)4/h5-9,13H,16H2,1-4H3. The van der Waals surface area contributed by atoms with Crippen LogP contribution >= 0.6 is 11.3 Å². The lowest BCUT2D eigenvalue weighted by atomic mass is 9.86. The first kappa shape index (κ1) is 13.2. The van der Waals surface area contributed by atoms with Gasteiger partial charge in [-0.3, -0.25) is 0 Å². The van der Waals surface area contributed by atoms with Crippen LogP contribution < -0.4 is 5.73 Å². The van der Waals surface area contributed by atoms with E-state index < -0.39 is 0 Å². The minimum absolute atomic E-state index is 0.113. The Morgan fingerprint density at radius 2 is 1.78 bits per heavy atom. The molecule has 0 radical (unpaired) electrons. The zero-order valence-corrected chi connectivity index (χ0v) is 12.2. The maximum Gasteiger partial charge on any atom is 0.114 e. The van der Waals surface area contributed by atoms with Gasteiger partial charge in [-0.25, -0.2) is 4.98 Å². The predicted octanol–water partition coefficient (Wildman–Crippen LogP) is 3.80. The van der Waals surface area contributed by atoms with Crippen molar-refractivity contribution in [3.05, 3.63) is 51.5 Å². The van der Waals surface area contributed by atoms with E-state index in [4.69, 9.17) is 5.73 Å². The van der Waals surface area contributed by atoms with E-state index in [1.54, 1.807) is 11.3 Å². The summed E-state index contributed by atoms with van der Waals surface area (Å²) in [5.41, 5.74) is 8.87. The highest BCUT2D eigenvalue weighted by molar-refractivity contribution is 7.11. The lowest BCUT2D eigenvalue weighted by molar-refractivity contribution is 0.589. The SMILES string of the molecule is Cc1cnc(C(N)c2ccc(C(C)(C)C)cc2)s1. The maximum atomic E-state index is 6.24. The number of thiazole rings is 1. The fourth-order valence-electron chi connectivity index (χ4n) is 1.85. The second kappa shape index (κ2) is 4.82. The van der Waals surface area contributed by atoms with Crippen molar-refractivity contribution in [2.75, 3.05) is 0 Å². The zero-order chi connectivity index (χ0) is 13.3. The molecular formula is C15H20N2S.